The highest BCUT2D eigenvalue weighted by Gasteiger charge is 2.42. The number of nitrogens with one attached hydrogen (secondary N) is 3. The Bertz CT molecular complexity index is 1350. The van der Waals surface area contributed by atoms with Gasteiger partial charge in [-0.2, -0.15) is 0 Å². The summed E-state index contributed by atoms with van der Waals surface area (Å²) in [6.07, 6.45) is 1.26. The molecule has 0 aliphatic carbocycles. The SMILES string of the molecule is CCC1(c2ccc(NC(=O)c3ccc(C)c(NC(=O)c4ccccc4F)c3)cc2)CCC(=O)NC1=O. The van der Waals surface area contributed by atoms with Crippen LogP contribution >= 0.6 is 0 Å². The average molecular weight is 488 g/mol. The fourth-order valence-electron chi connectivity index (χ4n) is 4.37. The molecule has 184 valence electrons. The maximum Gasteiger partial charge on any atom is 0.258 e. The largest absolute Gasteiger partial charge is 0.322 e. The van der Waals surface area contributed by atoms with Crippen molar-refractivity contribution in [3.8, 4) is 0 Å². The Kier molecular flexibility index (Phi) is 6.96. The molecule has 0 radical (unpaired) electrons. The van der Waals surface area contributed by atoms with Gasteiger partial charge in [0.2, 0.25) is 11.8 Å². The Hall–Kier alpha value is -4.33. The van der Waals surface area contributed by atoms with Crippen LogP contribution in [-0.4, -0.2) is 23.6 Å². The molecule has 1 aliphatic rings. The third-order valence-corrected chi connectivity index (χ3v) is 6.63. The molecule has 8 heteroatoms. The maximum atomic E-state index is 14.0. The number of carbonyl (C=O) groups is 4. The number of aryl methyl sites for hydroxylation is 1. The lowest BCUT2D eigenvalue weighted by Gasteiger charge is -2.35. The summed E-state index contributed by atoms with van der Waals surface area (Å²) in [5.41, 5.74) is 1.86. The van der Waals surface area contributed by atoms with E-state index in [1.54, 1.807) is 49.4 Å². The summed E-state index contributed by atoms with van der Waals surface area (Å²) in [4.78, 5) is 49.6. The predicted molar refractivity (Wildman–Crippen MR) is 134 cm³/mol. The Labute approximate surface area is 208 Å². The first kappa shape index (κ1) is 24.8. The van der Waals surface area contributed by atoms with Gasteiger partial charge in [-0.3, -0.25) is 24.5 Å². The van der Waals surface area contributed by atoms with Gasteiger partial charge in [-0.05, 0) is 67.3 Å². The molecule has 1 unspecified atom stereocenters. The zero-order chi connectivity index (χ0) is 25.9. The summed E-state index contributed by atoms with van der Waals surface area (Å²) < 4.78 is 14.0. The quantitative estimate of drug-likeness (QED) is 0.438. The van der Waals surface area contributed by atoms with Gasteiger partial charge >= 0.3 is 0 Å². The van der Waals surface area contributed by atoms with Gasteiger partial charge in [0.25, 0.3) is 11.8 Å². The highest BCUT2D eigenvalue weighted by atomic mass is 19.1. The van der Waals surface area contributed by atoms with Gasteiger partial charge in [0, 0.05) is 23.4 Å². The molecule has 0 spiro atoms. The van der Waals surface area contributed by atoms with E-state index < -0.39 is 23.0 Å². The van der Waals surface area contributed by atoms with Gasteiger partial charge in [-0.1, -0.05) is 37.3 Å². The highest BCUT2D eigenvalue weighted by molar-refractivity contribution is 6.08. The number of rotatable bonds is 6. The lowest BCUT2D eigenvalue weighted by atomic mass is 9.72. The molecule has 4 amide bonds. The molecule has 1 saturated heterocycles. The zero-order valence-electron chi connectivity index (χ0n) is 20.0. The van der Waals surface area contributed by atoms with Crippen molar-refractivity contribution in [1.29, 1.82) is 0 Å². The topological polar surface area (TPSA) is 104 Å². The van der Waals surface area contributed by atoms with Crippen molar-refractivity contribution in [1.82, 2.24) is 5.32 Å². The molecule has 0 bridgehead atoms. The van der Waals surface area contributed by atoms with Crippen molar-refractivity contribution in [3.63, 3.8) is 0 Å². The van der Waals surface area contributed by atoms with Crippen molar-refractivity contribution in [2.45, 2.75) is 38.5 Å². The summed E-state index contributed by atoms with van der Waals surface area (Å²) in [6.45, 7) is 3.68. The molecule has 7 nitrogen and oxygen atoms in total. The second-order valence-electron chi connectivity index (χ2n) is 8.81. The average Bonchev–Trinajstić information content (AvgIpc) is 2.86. The summed E-state index contributed by atoms with van der Waals surface area (Å²) in [5, 5.41) is 7.91. The fraction of sp³-hybridized carbons (Fsp3) is 0.214. The normalized spacial score (nSPS) is 17.3. The van der Waals surface area contributed by atoms with Gasteiger partial charge in [-0.15, -0.1) is 0 Å². The van der Waals surface area contributed by atoms with Crippen LogP contribution in [0.3, 0.4) is 0 Å². The number of benzene rings is 3. The van der Waals surface area contributed by atoms with E-state index in [4.69, 9.17) is 0 Å². The van der Waals surface area contributed by atoms with E-state index >= 15 is 0 Å². The molecule has 1 fully saturated rings. The first-order chi connectivity index (χ1) is 17.2. The lowest BCUT2D eigenvalue weighted by Crippen LogP contribution is -2.51. The second-order valence-corrected chi connectivity index (χ2v) is 8.81. The molecule has 1 aliphatic heterocycles. The van der Waals surface area contributed by atoms with Crippen LogP contribution in [0.15, 0.2) is 66.7 Å². The monoisotopic (exact) mass is 487 g/mol. The predicted octanol–water partition coefficient (Wildman–Crippen LogP) is 4.72. The molecule has 0 aromatic heterocycles. The van der Waals surface area contributed by atoms with E-state index in [-0.39, 0.29) is 23.8 Å². The van der Waals surface area contributed by atoms with Crippen LogP contribution in [0.4, 0.5) is 15.8 Å². The van der Waals surface area contributed by atoms with E-state index in [1.165, 1.54) is 24.3 Å². The number of amides is 4. The molecule has 0 saturated carbocycles. The van der Waals surface area contributed by atoms with Crippen LogP contribution in [0.5, 0.6) is 0 Å². The van der Waals surface area contributed by atoms with E-state index in [9.17, 15) is 23.6 Å². The van der Waals surface area contributed by atoms with Crippen molar-refractivity contribution in [3.05, 3.63) is 94.8 Å². The Morgan fingerprint density at radius 2 is 1.69 bits per heavy atom. The van der Waals surface area contributed by atoms with Crippen LogP contribution in [0.25, 0.3) is 0 Å². The standard InChI is InChI=1S/C28H26FN3O4/c1-3-28(15-14-24(33)32-27(28)36)19-10-12-20(13-11-19)30-25(34)18-9-8-17(2)23(16-18)31-26(35)21-6-4-5-7-22(21)29/h4-13,16H,3,14-15H2,1-2H3,(H,30,34)(H,31,35)(H,32,33,36). The van der Waals surface area contributed by atoms with Crippen LogP contribution in [0, 0.1) is 12.7 Å². The molecule has 4 rings (SSSR count). The maximum absolute atomic E-state index is 14.0. The highest BCUT2D eigenvalue weighted by Crippen LogP contribution is 2.36. The number of imide groups is 1. The first-order valence-corrected chi connectivity index (χ1v) is 11.7. The smallest absolute Gasteiger partial charge is 0.258 e. The zero-order valence-corrected chi connectivity index (χ0v) is 20.0. The van der Waals surface area contributed by atoms with Gasteiger partial charge < -0.3 is 10.6 Å². The van der Waals surface area contributed by atoms with E-state index in [0.717, 1.165) is 11.1 Å². The molecular formula is C28H26FN3O4. The van der Waals surface area contributed by atoms with Crippen molar-refractivity contribution >= 4 is 35.0 Å². The third-order valence-electron chi connectivity index (χ3n) is 6.63. The third kappa shape index (κ3) is 4.88. The lowest BCUT2D eigenvalue weighted by molar-refractivity contribution is -0.138. The van der Waals surface area contributed by atoms with Crippen LogP contribution in [-0.2, 0) is 15.0 Å². The number of carbonyl (C=O) groups excluding carboxylic acids is 4. The Balaban J connectivity index is 1.49. The molecule has 3 aromatic carbocycles. The molecule has 1 atom stereocenters. The minimum Gasteiger partial charge on any atom is -0.322 e. The van der Waals surface area contributed by atoms with Crippen molar-refractivity contribution in [2.24, 2.45) is 0 Å². The minimum atomic E-state index is -0.779. The second kappa shape index (κ2) is 10.1. The van der Waals surface area contributed by atoms with Gasteiger partial charge in [0.1, 0.15) is 5.82 Å². The van der Waals surface area contributed by atoms with Crippen molar-refractivity contribution < 1.29 is 23.6 Å². The minimum absolute atomic E-state index is 0.0901. The van der Waals surface area contributed by atoms with Crippen LogP contribution in [0.1, 0.15) is 58.0 Å². The van der Waals surface area contributed by atoms with Crippen molar-refractivity contribution in [2.75, 3.05) is 10.6 Å². The first-order valence-electron chi connectivity index (χ1n) is 11.7. The molecule has 3 N–H and O–H groups in total. The summed E-state index contributed by atoms with van der Waals surface area (Å²) in [7, 11) is 0. The number of halogens is 1. The van der Waals surface area contributed by atoms with Gasteiger partial charge in [-0.25, -0.2) is 4.39 Å². The Morgan fingerprint density at radius 3 is 2.36 bits per heavy atom. The number of hydrogen-bond acceptors (Lipinski definition) is 4. The summed E-state index contributed by atoms with van der Waals surface area (Å²) in [6, 6.07) is 17.5. The van der Waals surface area contributed by atoms with Gasteiger partial charge in [0.05, 0.1) is 11.0 Å². The molecular weight excluding hydrogens is 461 g/mol. The number of anilines is 2. The summed E-state index contributed by atoms with van der Waals surface area (Å²) in [5.74, 6) is -2.21. The fourth-order valence-corrected chi connectivity index (χ4v) is 4.37. The number of piperidine rings is 1. The van der Waals surface area contributed by atoms with E-state index in [2.05, 4.69) is 16.0 Å². The van der Waals surface area contributed by atoms with E-state index in [1.807, 2.05) is 6.92 Å². The van der Waals surface area contributed by atoms with Crippen LogP contribution in [0.2, 0.25) is 0 Å². The molecule has 3 aromatic rings. The number of hydrogen-bond donors (Lipinski definition) is 3. The Morgan fingerprint density at radius 1 is 0.972 bits per heavy atom. The van der Waals surface area contributed by atoms with Crippen LogP contribution < -0.4 is 16.0 Å². The summed E-state index contributed by atoms with van der Waals surface area (Å²) >= 11 is 0. The molecule has 1 heterocycles. The molecule has 36 heavy (non-hydrogen) atoms. The van der Waals surface area contributed by atoms with Gasteiger partial charge in [0.15, 0.2) is 0 Å². The van der Waals surface area contributed by atoms with E-state index in [0.29, 0.717) is 29.8 Å².